The summed E-state index contributed by atoms with van der Waals surface area (Å²) in [5.74, 6) is 0. The molecule has 0 aromatic heterocycles. The maximum absolute atomic E-state index is 7.12. The monoisotopic (exact) mass is 556 g/mol. The van der Waals surface area contributed by atoms with Crippen LogP contribution in [0.5, 0.6) is 0 Å². The van der Waals surface area contributed by atoms with Gasteiger partial charge in [0, 0.05) is 0 Å². The van der Waals surface area contributed by atoms with Crippen LogP contribution in [-0.2, 0) is 9.75 Å². The Labute approximate surface area is 247 Å². The molecule has 0 aliphatic carbocycles. The summed E-state index contributed by atoms with van der Waals surface area (Å²) in [5, 5.41) is 0. The molecule has 0 nitrogen and oxygen atoms in total. The second-order valence-electron chi connectivity index (χ2n) is 9.51. The largest absolute Gasteiger partial charge is 0.119 e. The molecular weight excluding hydrogens is 527 g/mol. The van der Waals surface area contributed by atoms with Gasteiger partial charge in [0.05, 0.1) is 0 Å². The van der Waals surface area contributed by atoms with Crippen LogP contribution in [0.2, 0.25) is 0 Å². The van der Waals surface area contributed by atoms with Crippen molar-refractivity contribution in [3.63, 3.8) is 0 Å². The number of halogens is 2. The maximum Gasteiger partial charge on any atom is 0.119 e. The van der Waals surface area contributed by atoms with Gasteiger partial charge in [-0.05, 0) is 33.4 Å². The molecule has 0 saturated carbocycles. The van der Waals surface area contributed by atoms with Crippen LogP contribution in [0.25, 0.3) is 0 Å². The Balaban J connectivity index is 0.000000161. The fourth-order valence-corrected chi connectivity index (χ4v) is 5.76. The molecule has 40 heavy (non-hydrogen) atoms. The normalized spacial score (nSPS) is 11.2. The van der Waals surface area contributed by atoms with Gasteiger partial charge in [0.1, 0.15) is 9.75 Å². The summed E-state index contributed by atoms with van der Waals surface area (Å²) in [7, 11) is 0. The van der Waals surface area contributed by atoms with Gasteiger partial charge in [0.25, 0.3) is 0 Å². The lowest BCUT2D eigenvalue weighted by molar-refractivity contribution is 0.879. The molecule has 0 atom stereocenters. The van der Waals surface area contributed by atoms with Crippen LogP contribution in [0.4, 0.5) is 0 Å². The molecule has 0 bridgehead atoms. The number of hydrogen-bond acceptors (Lipinski definition) is 0. The first-order valence-corrected chi connectivity index (χ1v) is 14.1. The van der Waals surface area contributed by atoms with E-state index in [1.807, 2.05) is 109 Å². The first-order chi connectivity index (χ1) is 19.6. The molecule has 2 heteroatoms. The van der Waals surface area contributed by atoms with E-state index in [0.29, 0.717) is 0 Å². The third kappa shape index (κ3) is 5.75. The van der Waals surface area contributed by atoms with Crippen LogP contribution in [0.3, 0.4) is 0 Å². The summed E-state index contributed by atoms with van der Waals surface area (Å²) < 4.78 is 0. The third-order valence-electron chi connectivity index (χ3n) is 7.03. The molecule has 0 amide bonds. The standard InChI is InChI=1S/2C19H15Cl/c2*20-19(16-10-4-1-5-11-16,17-12-6-2-7-13-17)18-14-8-3-9-15-18/h2*1-15H. The molecule has 0 unspecified atom stereocenters. The van der Waals surface area contributed by atoms with Crippen LogP contribution >= 0.6 is 23.2 Å². The predicted octanol–water partition coefficient (Wildman–Crippen LogP) is 10.4. The summed E-state index contributed by atoms with van der Waals surface area (Å²) in [6, 6.07) is 61.3. The van der Waals surface area contributed by atoms with Gasteiger partial charge in [0.15, 0.2) is 0 Å². The van der Waals surface area contributed by atoms with E-state index in [1.165, 1.54) is 0 Å². The predicted molar refractivity (Wildman–Crippen MR) is 170 cm³/mol. The van der Waals surface area contributed by atoms with E-state index < -0.39 is 9.75 Å². The van der Waals surface area contributed by atoms with Gasteiger partial charge in [-0.3, -0.25) is 0 Å². The fraction of sp³-hybridized carbons (Fsp3) is 0.0526. The molecule has 196 valence electrons. The quantitative estimate of drug-likeness (QED) is 0.141. The minimum Gasteiger partial charge on any atom is -0.104 e. The summed E-state index contributed by atoms with van der Waals surface area (Å²) >= 11 is 14.2. The van der Waals surface area contributed by atoms with Crippen molar-refractivity contribution >= 4 is 23.2 Å². The number of alkyl halides is 2. The molecule has 0 N–H and O–H groups in total. The van der Waals surface area contributed by atoms with E-state index in [1.54, 1.807) is 0 Å². The minimum atomic E-state index is -0.649. The average molecular weight is 558 g/mol. The van der Waals surface area contributed by atoms with E-state index in [2.05, 4.69) is 72.8 Å². The van der Waals surface area contributed by atoms with Crippen LogP contribution < -0.4 is 0 Å². The Morgan fingerprint density at radius 1 is 0.225 bits per heavy atom. The molecule has 0 aliphatic rings. The van der Waals surface area contributed by atoms with Crippen LogP contribution in [-0.4, -0.2) is 0 Å². The van der Waals surface area contributed by atoms with Crippen molar-refractivity contribution in [1.82, 2.24) is 0 Å². The van der Waals surface area contributed by atoms with Gasteiger partial charge in [-0.2, -0.15) is 0 Å². The van der Waals surface area contributed by atoms with E-state index in [4.69, 9.17) is 23.2 Å². The molecule has 0 saturated heterocycles. The first-order valence-electron chi connectivity index (χ1n) is 13.3. The van der Waals surface area contributed by atoms with E-state index in [9.17, 15) is 0 Å². The molecule has 0 spiro atoms. The van der Waals surface area contributed by atoms with Gasteiger partial charge >= 0.3 is 0 Å². The highest BCUT2D eigenvalue weighted by Gasteiger charge is 2.34. The maximum atomic E-state index is 7.12. The van der Waals surface area contributed by atoms with Crippen molar-refractivity contribution in [2.24, 2.45) is 0 Å². The second-order valence-corrected chi connectivity index (χ2v) is 10.6. The molecule has 6 aromatic rings. The topological polar surface area (TPSA) is 0 Å². The first kappa shape index (κ1) is 27.5. The smallest absolute Gasteiger partial charge is 0.104 e. The van der Waals surface area contributed by atoms with Gasteiger partial charge in [-0.25, -0.2) is 0 Å². The van der Waals surface area contributed by atoms with Crippen molar-refractivity contribution < 1.29 is 0 Å². The zero-order chi connectivity index (χ0) is 27.7. The molecule has 6 aromatic carbocycles. The minimum absolute atomic E-state index is 0.649. The van der Waals surface area contributed by atoms with Gasteiger partial charge in [-0.15, -0.1) is 23.2 Å². The fourth-order valence-electron chi connectivity index (χ4n) is 5.01. The summed E-state index contributed by atoms with van der Waals surface area (Å²) in [6.07, 6.45) is 0. The van der Waals surface area contributed by atoms with Crippen LogP contribution in [0.1, 0.15) is 33.4 Å². The summed E-state index contributed by atoms with van der Waals surface area (Å²) in [5.41, 5.74) is 6.49. The van der Waals surface area contributed by atoms with Crippen molar-refractivity contribution in [3.05, 3.63) is 215 Å². The SMILES string of the molecule is ClC(c1ccccc1)(c1ccccc1)c1ccccc1.ClC(c1ccccc1)(c1ccccc1)c1ccccc1. The van der Waals surface area contributed by atoms with Crippen molar-refractivity contribution in [2.75, 3.05) is 0 Å². The van der Waals surface area contributed by atoms with Crippen LogP contribution in [0, 0.1) is 0 Å². The Morgan fingerprint density at radius 2 is 0.350 bits per heavy atom. The third-order valence-corrected chi connectivity index (χ3v) is 8.34. The van der Waals surface area contributed by atoms with Crippen molar-refractivity contribution in [3.8, 4) is 0 Å². The molecule has 0 radical (unpaired) electrons. The Kier molecular flexibility index (Phi) is 8.81. The number of benzene rings is 6. The summed E-state index contributed by atoms with van der Waals surface area (Å²) in [6.45, 7) is 0. The second kappa shape index (κ2) is 12.8. The van der Waals surface area contributed by atoms with E-state index >= 15 is 0 Å². The average Bonchev–Trinajstić information content (AvgIpc) is 3.07. The lowest BCUT2D eigenvalue weighted by atomic mass is 9.84. The van der Waals surface area contributed by atoms with Crippen molar-refractivity contribution in [2.45, 2.75) is 9.75 Å². The zero-order valence-electron chi connectivity index (χ0n) is 22.1. The number of hydrogen-bond donors (Lipinski definition) is 0. The number of rotatable bonds is 6. The lowest BCUT2D eigenvalue weighted by Gasteiger charge is -2.29. The zero-order valence-corrected chi connectivity index (χ0v) is 23.6. The highest BCUT2D eigenvalue weighted by molar-refractivity contribution is 6.28. The van der Waals surface area contributed by atoms with Crippen LogP contribution in [0.15, 0.2) is 182 Å². The summed E-state index contributed by atoms with van der Waals surface area (Å²) in [4.78, 5) is -1.30. The highest BCUT2D eigenvalue weighted by Crippen LogP contribution is 2.43. The van der Waals surface area contributed by atoms with E-state index in [0.717, 1.165) is 33.4 Å². The lowest BCUT2D eigenvalue weighted by Crippen LogP contribution is -2.22. The molecule has 6 rings (SSSR count). The molecule has 0 heterocycles. The van der Waals surface area contributed by atoms with E-state index in [-0.39, 0.29) is 0 Å². The Bertz CT molecular complexity index is 1250. The highest BCUT2D eigenvalue weighted by atomic mass is 35.5. The molecule has 0 aliphatic heterocycles. The Morgan fingerprint density at radius 3 is 0.475 bits per heavy atom. The molecular formula is C38H30Cl2. The Hall–Kier alpha value is -4.10. The van der Waals surface area contributed by atoms with Gasteiger partial charge < -0.3 is 0 Å². The van der Waals surface area contributed by atoms with Gasteiger partial charge in [-0.1, -0.05) is 182 Å². The van der Waals surface area contributed by atoms with Crippen molar-refractivity contribution in [1.29, 1.82) is 0 Å². The molecule has 0 fully saturated rings. The van der Waals surface area contributed by atoms with Gasteiger partial charge in [0.2, 0.25) is 0 Å².